The Morgan fingerprint density at radius 1 is 1.53 bits per heavy atom. The van der Waals surface area contributed by atoms with Crippen LogP contribution in [0, 0.1) is 0 Å². The smallest absolute Gasteiger partial charge is 0.374 e. The number of carbonyl (C=O) groups is 1. The van der Waals surface area contributed by atoms with Crippen LogP contribution in [0.4, 0.5) is 0 Å². The van der Waals surface area contributed by atoms with Gasteiger partial charge in [-0.25, -0.2) is 9.78 Å². The zero-order chi connectivity index (χ0) is 13.8. The number of aromatic nitrogens is 1. The summed E-state index contributed by atoms with van der Waals surface area (Å²) in [6.07, 6.45) is 1.84. The summed E-state index contributed by atoms with van der Waals surface area (Å²) in [5.41, 5.74) is 0.807. The summed E-state index contributed by atoms with van der Waals surface area (Å²) in [4.78, 5) is 15.8. The fourth-order valence-electron chi connectivity index (χ4n) is 1.62. The van der Waals surface area contributed by atoms with E-state index in [-0.39, 0.29) is 11.9 Å². The average Bonchev–Trinajstić information content (AvgIpc) is 2.82. The maximum absolute atomic E-state index is 11.9. The second-order valence-corrected chi connectivity index (χ2v) is 4.99. The van der Waals surface area contributed by atoms with E-state index in [1.54, 1.807) is 30.5 Å². The van der Waals surface area contributed by atoms with Gasteiger partial charge in [-0.2, -0.15) is 0 Å². The van der Waals surface area contributed by atoms with Gasteiger partial charge in [-0.1, -0.05) is 18.5 Å². The Bertz CT molecular complexity index is 585. The van der Waals surface area contributed by atoms with Gasteiger partial charge in [0.1, 0.15) is 11.3 Å². The van der Waals surface area contributed by atoms with Gasteiger partial charge < -0.3 is 9.15 Å². The summed E-state index contributed by atoms with van der Waals surface area (Å²) in [5, 5.41) is 0.368. The van der Waals surface area contributed by atoms with Crippen LogP contribution >= 0.6 is 27.5 Å². The number of furan rings is 1. The highest BCUT2D eigenvalue weighted by Crippen LogP contribution is 2.25. The zero-order valence-electron chi connectivity index (χ0n) is 10.1. The van der Waals surface area contributed by atoms with Gasteiger partial charge in [-0.15, -0.1) is 0 Å². The highest BCUT2D eigenvalue weighted by atomic mass is 79.9. The second kappa shape index (κ2) is 6.21. The highest BCUT2D eigenvalue weighted by molar-refractivity contribution is 9.10. The molecule has 2 aromatic rings. The van der Waals surface area contributed by atoms with E-state index in [1.165, 1.54) is 0 Å². The fourth-order valence-corrected chi connectivity index (χ4v) is 2.10. The third-order valence-corrected chi connectivity index (χ3v) is 3.15. The van der Waals surface area contributed by atoms with Crippen LogP contribution < -0.4 is 0 Å². The van der Waals surface area contributed by atoms with Crippen molar-refractivity contribution in [1.29, 1.82) is 0 Å². The van der Waals surface area contributed by atoms with Gasteiger partial charge in [0.05, 0.1) is 0 Å². The second-order valence-electron chi connectivity index (χ2n) is 3.82. The maximum atomic E-state index is 11.9. The minimum atomic E-state index is -0.509. The Balaban J connectivity index is 2.13. The summed E-state index contributed by atoms with van der Waals surface area (Å²) >= 11 is 8.96. The number of hydrogen-bond donors (Lipinski definition) is 0. The molecular weight excluding hydrogens is 334 g/mol. The minimum Gasteiger partial charge on any atom is -0.452 e. The molecule has 0 spiro atoms. The van der Waals surface area contributed by atoms with Crippen molar-refractivity contribution >= 4 is 33.5 Å². The number of nitrogens with zero attached hydrogens (tertiary/aromatic N) is 1. The van der Waals surface area contributed by atoms with Crippen molar-refractivity contribution in [3.05, 3.63) is 51.6 Å². The van der Waals surface area contributed by atoms with Gasteiger partial charge in [0, 0.05) is 6.20 Å². The first kappa shape index (κ1) is 14.1. The molecule has 0 bridgehead atoms. The standard InChI is InChI=1S/C13H11BrClNO3/c1-2-9(8-5-6-16-12(15)7-8)19-13(17)10-3-4-11(14)18-10/h3-7,9H,2H2,1H3/t9-/m1/s1. The zero-order valence-corrected chi connectivity index (χ0v) is 12.4. The van der Waals surface area contributed by atoms with E-state index in [0.29, 0.717) is 16.2 Å². The molecule has 0 aliphatic rings. The minimum absolute atomic E-state index is 0.158. The third kappa shape index (κ3) is 3.58. The average molecular weight is 345 g/mol. The summed E-state index contributed by atoms with van der Waals surface area (Å²) in [6.45, 7) is 1.92. The van der Waals surface area contributed by atoms with Gasteiger partial charge in [0.25, 0.3) is 0 Å². The Morgan fingerprint density at radius 3 is 2.89 bits per heavy atom. The Hall–Kier alpha value is -1.33. The normalized spacial score (nSPS) is 12.2. The van der Waals surface area contributed by atoms with Crippen LogP contribution in [-0.4, -0.2) is 11.0 Å². The third-order valence-electron chi connectivity index (χ3n) is 2.52. The summed E-state index contributed by atoms with van der Waals surface area (Å²) in [7, 11) is 0. The quantitative estimate of drug-likeness (QED) is 0.609. The molecule has 2 aromatic heterocycles. The van der Waals surface area contributed by atoms with E-state index in [9.17, 15) is 4.79 Å². The van der Waals surface area contributed by atoms with Crippen molar-refractivity contribution in [3.63, 3.8) is 0 Å². The molecule has 19 heavy (non-hydrogen) atoms. The summed E-state index contributed by atoms with van der Waals surface area (Å²) in [5.74, 6) is -0.351. The molecule has 0 radical (unpaired) electrons. The lowest BCUT2D eigenvalue weighted by Gasteiger charge is -2.15. The SMILES string of the molecule is CC[C@@H](OC(=O)c1ccc(Br)o1)c1ccnc(Cl)c1. The number of carbonyl (C=O) groups excluding carboxylic acids is 1. The number of hydrogen-bond acceptors (Lipinski definition) is 4. The molecule has 0 aliphatic heterocycles. The van der Waals surface area contributed by atoms with Crippen molar-refractivity contribution in [2.75, 3.05) is 0 Å². The molecule has 0 aromatic carbocycles. The number of rotatable bonds is 4. The predicted octanol–water partition coefficient (Wildman–Crippen LogP) is 4.40. The van der Waals surface area contributed by atoms with E-state index in [2.05, 4.69) is 20.9 Å². The van der Waals surface area contributed by atoms with E-state index < -0.39 is 5.97 Å². The number of esters is 1. The molecule has 0 amide bonds. The van der Waals surface area contributed by atoms with E-state index >= 15 is 0 Å². The van der Waals surface area contributed by atoms with Crippen LogP contribution in [0.25, 0.3) is 0 Å². The number of pyridine rings is 1. The van der Waals surface area contributed by atoms with Crippen LogP contribution in [0.5, 0.6) is 0 Å². The van der Waals surface area contributed by atoms with Gasteiger partial charge in [-0.3, -0.25) is 0 Å². The van der Waals surface area contributed by atoms with Crippen molar-refractivity contribution in [1.82, 2.24) is 4.98 Å². The van der Waals surface area contributed by atoms with Crippen molar-refractivity contribution < 1.29 is 13.9 Å². The van der Waals surface area contributed by atoms with E-state index in [1.807, 2.05) is 6.92 Å². The van der Waals surface area contributed by atoms with Gasteiger partial charge in [0.15, 0.2) is 4.67 Å². The van der Waals surface area contributed by atoms with Crippen LogP contribution in [-0.2, 0) is 4.74 Å². The Kier molecular flexibility index (Phi) is 4.61. The summed E-state index contributed by atoms with van der Waals surface area (Å²) < 4.78 is 11.0. The van der Waals surface area contributed by atoms with Crippen molar-refractivity contribution in [3.8, 4) is 0 Å². The van der Waals surface area contributed by atoms with Gasteiger partial charge in [0.2, 0.25) is 5.76 Å². The highest BCUT2D eigenvalue weighted by Gasteiger charge is 2.19. The first-order valence-corrected chi connectivity index (χ1v) is 6.85. The monoisotopic (exact) mass is 343 g/mol. The largest absolute Gasteiger partial charge is 0.452 e. The first-order valence-electron chi connectivity index (χ1n) is 5.68. The predicted molar refractivity (Wildman–Crippen MR) is 74.1 cm³/mol. The molecule has 100 valence electrons. The maximum Gasteiger partial charge on any atom is 0.374 e. The van der Waals surface area contributed by atoms with Crippen LogP contribution in [0.3, 0.4) is 0 Å². The topological polar surface area (TPSA) is 52.3 Å². The molecule has 0 unspecified atom stereocenters. The molecule has 0 aliphatic carbocycles. The fraction of sp³-hybridized carbons (Fsp3) is 0.231. The molecule has 2 rings (SSSR count). The van der Waals surface area contributed by atoms with Crippen molar-refractivity contribution in [2.45, 2.75) is 19.4 Å². The van der Waals surface area contributed by atoms with Crippen LogP contribution in [0.2, 0.25) is 5.15 Å². The molecule has 0 saturated heterocycles. The molecule has 2 heterocycles. The van der Waals surface area contributed by atoms with E-state index in [0.717, 1.165) is 5.56 Å². The lowest BCUT2D eigenvalue weighted by atomic mass is 10.1. The first-order chi connectivity index (χ1) is 9.10. The van der Waals surface area contributed by atoms with Gasteiger partial charge >= 0.3 is 5.97 Å². The molecule has 6 heteroatoms. The Labute approximate surface area is 123 Å². The molecule has 0 saturated carbocycles. The summed E-state index contributed by atoms with van der Waals surface area (Å²) in [6, 6.07) is 6.64. The van der Waals surface area contributed by atoms with Crippen molar-refractivity contribution in [2.24, 2.45) is 0 Å². The lowest BCUT2D eigenvalue weighted by molar-refractivity contribution is 0.0250. The number of ether oxygens (including phenoxy) is 1. The molecule has 0 fully saturated rings. The van der Waals surface area contributed by atoms with E-state index in [4.69, 9.17) is 20.8 Å². The molecule has 0 N–H and O–H groups in total. The Morgan fingerprint density at radius 2 is 2.32 bits per heavy atom. The molecular formula is C13H11BrClNO3. The lowest BCUT2D eigenvalue weighted by Crippen LogP contribution is -2.10. The number of halogens is 2. The molecule has 4 nitrogen and oxygen atoms in total. The molecule has 1 atom stereocenters. The van der Waals surface area contributed by atoms with Crippen LogP contribution in [0.15, 0.2) is 39.5 Å². The van der Waals surface area contributed by atoms with Crippen LogP contribution in [0.1, 0.15) is 35.6 Å². The van der Waals surface area contributed by atoms with Gasteiger partial charge in [-0.05, 0) is 52.2 Å².